The summed E-state index contributed by atoms with van der Waals surface area (Å²) in [5.41, 5.74) is 3.36. The average molecular weight is 525 g/mol. The Morgan fingerprint density at radius 1 is 1.11 bits per heavy atom. The number of pyridine rings is 1. The van der Waals surface area contributed by atoms with Gasteiger partial charge >= 0.3 is 12.2 Å². The van der Waals surface area contributed by atoms with E-state index in [1.807, 2.05) is 39.8 Å². The number of hydrogen-bond acceptors (Lipinski definition) is 7. The van der Waals surface area contributed by atoms with E-state index in [-0.39, 0.29) is 11.8 Å². The van der Waals surface area contributed by atoms with Crippen molar-refractivity contribution in [3.05, 3.63) is 35.7 Å². The summed E-state index contributed by atoms with van der Waals surface area (Å²) >= 11 is 0. The number of methoxy groups -OCH3 is 1. The molecule has 4 rings (SSSR count). The van der Waals surface area contributed by atoms with E-state index in [9.17, 15) is 14.4 Å². The van der Waals surface area contributed by atoms with Crippen molar-refractivity contribution in [2.45, 2.75) is 71.4 Å². The zero-order valence-electron chi connectivity index (χ0n) is 22.6. The van der Waals surface area contributed by atoms with E-state index in [0.717, 1.165) is 29.7 Å². The van der Waals surface area contributed by atoms with Crippen LogP contribution in [0.4, 0.5) is 21.0 Å². The highest BCUT2D eigenvalue weighted by Crippen LogP contribution is 2.42. The van der Waals surface area contributed by atoms with Crippen molar-refractivity contribution >= 4 is 29.5 Å². The number of ether oxygens (including phenoxy) is 3. The molecule has 0 fully saturated rings. The van der Waals surface area contributed by atoms with Crippen LogP contribution in [0.2, 0.25) is 0 Å². The number of carbonyl (C=O) groups excluding carboxylic acids is 3. The summed E-state index contributed by atoms with van der Waals surface area (Å²) in [5, 5.41) is 8.70. The standard InChI is InChI=1S/C28H36N4O6/c1-16-8-6-9-20(32-27(35)38-28(2,3)4)23-15-19(24-21(30-23)10-7-13-37-24)18-12-11-17(29-26(34)36-5)14-22(18)31-25(16)33/h11-12,14-16,20H,6-10,13H2,1-5H3,(H,29,34)(H,31,33)(H,32,35)/t16-,20+/m1/s1. The van der Waals surface area contributed by atoms with Crippen LogP contribution in [0.1, 0.15) is 70.8 Å². The van der Waals surface area contributed by atoms with Crippen LogP contribution in [0.15, 0.2) is 24.3 Å². The van der Waals surface area contributed by atoms with E-state index >= 15 is 0 Å². The molecule has 0 radical (unpaired) electrons. The van der Waals surface area contributed by atoms with Gasteiger partial charge in [0.05, 0.1) is 36.8 Å². The van der Waals surface area contributed by atoms with Crippen molar-refractivity contribution in [2.24, 2.45) is 5.92 Å². The first kappa shape index (κ1) is 27.2. The van der Waals surface area contributed by atoms with Crippen LogP contribution in [-0.4, -0.2) is 42.4 Å². The number of anilines is 2. The van der Waals surface area contributed by atoms with E-state index in [1.165, 1.54) is 7.11 Å². The van der Waals surface area contributed by atoms with Gasteiger partial charge in [-0.05, 0) is 64.7 Å². The Kier molecular flexibility index (Phi) is 8.08. The number of carbonyl (C=O) groups is 3. The highest BCUT2D eigenvalue weighted by molar-refractivity contribution is 5.99. The fourth-order valence-corrected chi connectivity index (χ4v) is 4.62. The molecule has 3 amide bonds. The first-order valence-electron chi connectivity index (χ1n) is 13.0. The summed E-state index contributed by atoms with van der Waals surface area (Å²) in [6.07, 6.45) is 2.34. The number of nitrogens with zero attached hydrogens (tertiary/aromatic N) is 1. The first-order chi connectivity index (χ1) is 18.0. The van der Waals surface area contributed by atoms with Gasteiger partial charge in [-0.3, -0.25) is 15.1 Å². The first-order valence-corrected chi connectivity index (χ1v) is 13.0. The third-order valence-electron chi connectivity index (χ3n) is 6.49. The van der Waals surface area contributed by atoms with Gasteiger partial charge in [0.2, 0.25) is 5.91 Å². The van der Waals surface area contributed by atoms with Gasteiger partial charge in [0.25, 0.3) is 0 Å². The van der Waals surface area contributed by atoms with Crippen LogP contribution in [0.25, 0.3) is 11.1 Å². The van der Waals surface area contributed by atoms with Crippen molar-refractivity contribution < 1.29 is 28.6 Å². The molecule has 0 spiro atoms. The second-order valence-electron chi connectivity index (χ2n) is 10.7. The molecule has 38 heavy (non-hydrogen) atoms. The molecule has 0 unspecified atom stereocenters. The predicted molar refractivity (Wildman–Crippen MR) is 143 cm³/mol. The number of aryl methyl sites for hydroxylation is 1. The van der Waals surface area contributed by atoms with Crippen LogP contribution < -0.4 is 20.7 Å². The van der Waals surface area contributed by atoms with Crippen LogP contribution in [0.5, 0.6) is 5.75 Å². The predicted octanol–water partition coefficient (Wildman–Crippen LogP) is 5.58. The Labute approximate surface area is 222 Å². The number of amides is 3. The van der Waals surface area contributed by atoms with Crippen molar-refractivity contribution in [3.63, 3.8) is 0 Å². The maximum absolute atomic E-state index is 13.2. The van der Waals surface area contributed by atoms with Crippen LogP contribution in [-0.2, 0) is 20.7 Å². The Bertz CT molecular complexity index is 1220. The van der Waals surface area contributed by atoms with E-state index in [0.29, 0.717) is 48.7 Å². The fourth-order valence-electron chi connectivity index (χ4n) is 4.62. The molecule has 2 atom stereocenters. The Balaban J connectivity index is 1.84. The van der Waals surface area contributed by atoms with Crippen molar-refractivity contribution in [3.8, 4) is 16.9 Å². The number of aromatic nitrogens is 1. The van der Waals surface area contributed by atoms with E-state index < -0.39 is 23.8 Å². The minimum absolute atomic E-state index is 0.136. The lowest BCUT2D eigenvalue weighted by molar-refractivity contribution is -0.119. The number of fused-ring (bicyclic) bond motifs is 6. The molecule has 2 aliphatic rings. The van der Waals surface area contributed by atoms with Crippen LogP contribution >= 0.6 is 0 Å². The third-order valence-corrected chi connectivity index (χ3v) is 6.49. The molecule has 10 heteroatoms. The molecule has 2 aromatic rings. The van der Waals surface area contributed by atoms with Gasteiger partial charge in [-0.1, -0.05) is 19.4 Å². The number of nitrogens with one attached hydrogen (secondary N) is 3. The molecule has 1 aromatic carbocycles. The van der Waals surface area contributed by atoms with Gasteiger partial charge in [-0.2, -0.15) is 0 Å². The second-order valence-corrected chi connectivity index (χ2v) is 10.7. The summed E-state index contributed by atoms with van der Waals surface area (Å²) in [6, 6.07) is 6.77. The summed E-state index contributed by atoms with van der Waals surface area (Å²) in [5.74, 6) is 0.242. The lowest BCUT2D eigenvalue weighted by Gasteiger charge is -2.27. The maximum Gasteiger partial charge on any atom is 0.411 e. The molecule has 3 heterocycles. The van der Waals surface area contributed by atoms with Gasteiger partial charge in [0.15, 0.2) is 0 Å². The summed E-state index contributed by atoms with van der Waals surface area (Å²) in [7, 11) is 1.29. The molecule has 0 saturated heterocycles. The fraction of sp³-hybridized carbons (Fsp3) is 0.500. The zero-order valence-corrected chi connectivity index (χ0v) is 22.6. The maximum atomic E-state index is 13.2. The van der Waals surface area contributed by atoms with Crippen LogP contribution in [0, 0.1) is 5.92 Å². The van der Waals surface area contributed by atoms with Gasteiger partial charge in [0, 0.05) is 22.7 Å². The van der Waals surface area contributed by atoms with Gasteiger partial charge in [-0.15, -0.1) is 0 Å². The van der Waals surface area contributed by atoms with E-state index in [2.05, 4.69) is 16.0 Å². The molecule has 0 saturated carbocycles. The molecule has 204 valence electrons. The molecular weight excluding hydrogens is 488 g/mol. The Morgan fingerprint density at radius 3 is 2.63 bits per heavy atom. The molecule has 2 aliphatic heterocycles. The summed E-state index contributed by atoms with van der Waals surface area (Å²) < 4.78 is 16.3. The zero-order chi connectivity index (χ0) is 27.4. The molecule has 10 nitrogen and oxygen atoms in total. The minimum Gasteiger partial charge on any atom is -0.491 e. The largest absolute Gasteiger partial charge is 0.491 e. The topological polar surface area (TPSA) is 128 Å². The smallest absolute Gasteiger partial charge is 0.411 e. The third kappa shape index (κ3) is 6.54. The number of alkyl carbamates (subject to hydrolysis) is 1. The normalized spacial score (nSPS) is 19.2. The number of benzene rings is 1. The van der Waals surface area contributed by atoms with E-state index in [4.69, 9.17) is 19.2 Å². The summed E-state index contributed by atoms with van der Waals surface area (Å²) in [6.45, 7) is 7.89. The monoisotopic (exact) mass is 524 g/mol. The van der Waals surface area contributed by atoms with Crippen molar-refractivity contribution in [2.75, 3.05) is 24.4 Å². The van der Waals surface area contributed by atoms with Gasteiger partial charge in [-0.25, -0.2) is 9.59 Å². The molecule has 0 aliphatic carbocycles. The van der Waals surface area contributed by atoms with Crippen LogP contribution in [0.3, 0.4) is 0 Å². The minimum atomic E-state index is -0.640. The lowest BCUT2D eigenvalue weighted by atomic mass is 9.93. The van der Waals surface area contributed by atoms with Gasteiger partial charge < -0.3 is 24.8 Å². The quantitative estimate of drug-likeness (QED) is 0.468. The van der Waals surface area contributed by atoms with Gasteiger partial charge in [0.1, 0.15) is 11.4 Å². The van der Waals surface area contributed by atoms with Crippen molar-refractivity contribution in [1.82, 2.24) is 10.3 Å². The van der Waals surface area contributed by atoms with E-state index in [1.54, 1.807) is 12.1 Å². The van der Waals surface area contributed by atoms with Crippen molar-refractivity contribution in [1.29, 1.82) is 0 Å². The molecule has 2 bridgehead atoms. The average Bonchev–Trinajstić information content (AvgIpc) is 2.86. The highest BCUT2D eigenvalue weighted by Gasteiger charge is 2.28. The molecule has 3 N–H and O–H groups in total. The SMILES string of the molecule is COC(=O)Nc1ccc2c(c1)NC(=O)[C@H](C)CCC[C@H](NC(=O)OC(C)(C)C)c1cc-2c2c(n1)CCCO2. The Hall–Kier alpha value is -3.82. The Morgan fingerprint density at radius 2 is 1.89 bits per heavy atom. The number of hydrogen-bond donors (Lipinski definition) is 3. The highest BCUT2D eigenvalue weighted by atomic mass is 16.6. The molecular formula is C28H36N4O6. The summed E-state index contributed by atoms with van der Waals surface area (Å²) in [4.78, 5) is 42.7. The lowest BCUT2D eigenvalue weighted by Crippen LogP contribution is -2.35. The number of rotatable bonds is 2. The second kappa shape index (κ2) is 11.3. The molecule has 1 aromatic heterocycles.